The molecule has 4 nitrogen and oxygen atoms in total. The lowest BCUT2D eigenvalue weighted by Gasteiger charge is -2.17. The number of carbonyl (C=O) groups excluding carboxylic acids is 1. The number of hydrogen-bond acceptors (Lipinski definition) is 3. The molecule has 0 spiro atoms. The summed E-state index contributed by atoms with van der Waals surface area (Å²) in [6, 6.07) is 12.5. The summed E-state index contributed by atoms with van der Waals surface area (Å²) < 4.78 is 18.0. The average Bonchev–Trinajstić information content (AvgIpc) is 2.50. The van der Waals surface area contributed by atoms with E-state index in [9.17, 15) is 9.18 Å². The number of halogens is 1. The molecule has 2 aromatic carbocycles. The molecule has 21 heavy (non-hydrogen) atoms. The Labute approximate surface area is 122 Å². The number of hydrogen-bond donors (Lipinski definition) is 2. The zero-order valence-corrected chi connectivity index (χ0v) is 11.9. The molecular formula is C16H17FN2O2. The number of amides is 1. The number of carbonyl (C=O) groups is 1. The Hall–Kier alpha value is -2.56. The van der Waals surface area contributed by atoms with Crippen LogP contribution in [0.25, 0.3) is 0 Å². The number of nitrogens with one attached hydrogen (secondary N) is 2. The van der Waals surface area contributed by atoms with Gasteiger partial charge in [0.25, 0.3) is 0 Å². The molecule has 0 aliphatic heterocycles. The van der Waals surface area contributed by atoms with Crippen LogP contribution in [0.15, 0.2) is 48.5 Å². The Morgan fingerprint density at radius 3 is 2.48 bits per heavy atom. The van der Waals surface area contributed by atoms with Gasteiger partial charge in [-0.2, -0.15) is 0 Å². The van der Waals surface area contributed by atoms with Crippen LogP contribution in [-0.2, 0) is 4.79 Å². The van der Waals surface area contributed by atoms with Gasteiger partial charge < -0.3 is 15.4 Å². The third-order valence-corrected chi connectivity index (χ3v) is 2.98. The zero-order valence-electron chi connectivity index (χ0n) is 11.9. The topological polar surface area (TPSA) is 50.4 Å². The van der Waals surface area contributed by atoms with Crippen molar-refractivity contribution < 1.29 is 13.9 Å². The highest BCUT2D eigenvalue weighted by Gasteiger charge is 2.14. The van der Waals surface area contributed by atoms with Crippen molar-refractivity contribution in [2.75, 3.05) is 17.7 Å². The summed E-state index contributed by atoms with van der Waals surface area (Å²) in [5, 5.41) is 5.80. The van der Waals surface area contributed by atoms with Crippen molar-refractivity contribution in [1.29, 1.82) is 0 Å². The third kappa shape index (κ3) is 3.95. The maximum Gasteiger partial charge on any atom is 0.246 e. The Kier molecular flexibility index (Phi) is 4.77. The van der Waals surface area contributed by atoms with Crippen LogP contribution in [0.4, 0.5) is 15.8 Å². The highest BCUT2D eigenvalue weighted by atomic mass is 19.1. The quantitative estimate of drug-likeness (QED) is 0.887. The molecule has 0 saturated heterocycles. The molecule has 5 heteroatoms. The molecule has 2 N–H and O–H groups in total. The first kappa shape index (κ1) is 14.8. The lowest BCUT2D eigenvalue weighted by molar-refractivity contribution is -0.116. The summed E-state index contributed by atoms with van der Waals surface area (Å²) in [5.41, 5.74) is 1.29. The highest BCUT2D eigenvalue weighted by Crippen LogP contribution is 2.23. The van der Waals surface area contributed by atoms with Gasteiger partial charge in [0.1, 0.15) is 17.6 Å². The van der Waals surface area contributed by atoms with E-state index in [0.717, 1.165) is 5.69 Å². The molecule has 0 aromatic heterocycles. The standard InChI is InChI=1S/C16H17FN2O2/c1-11(18-14-5-3-4-6-15(14)21-2)16(20)19-13-9-7-12(17)8-10-13/h3-11,18H,1-2H3,(H,19,20). The van der Waals surface area contributed by atoms with Gasteiger partial charge in [-0.15, -0.1) is 0 Å². The number of ether oxygens (including phenoxy) is 1. The molecule has 110 valence electrons. The average molecular weight is 288 g/mol. The minimum absolute atomic E-state index is 0.215. The van der Waals surface area contributed by atoms with Crippen LogP contribution in [-0.4, -0.2) is 19.1 Å². The van der Waals surface area contributed by atoms with Gasteiger partial charge >= 0.3 is 0 Å². The van der Waals surface area contributed by atoms with E-state index in [1.807, 2.05) is 24.3 Å². The first-order chi connectivity index (χ1) is 10.1. The van der Waals surface area contributed by atoms with E-state index in [-0.39, 0.29) is 11.7 Å². The Morgan fingerprint density at radius 2 is 1.81 bits per heavy atom. The summed E-state index contributed by atoms with van der Waals surface area (Å²) in [4.78, 5) is 12.1. The highest BCUT2D eigenvalue weighted by molar-refractivity contribution is 5.96. The van der Waals surface area contributed by atoms with Crippen LogP contribution in [0.3, 0.4) is 0 Å². The molecule has 0 heterocycles. The van der Waals surface area contributed by atoms with Crippen LogP contribution in [0.5, 0.6) is 5.75 Å². The minimum atomic E-state index is -0.466. The molecule has 0 fully saturated rings. The normalized spacial score (nSPS) is 11.6. The molecule has 0 aliphatic carbocycles. The van der Waals surface area contributed by atoms with Crippen molar-refractivity contribution in [3.63, 3.8) is 0 Å². The fourth-order valence-electron chi connectivity index (χ4n) is 1.85. The number of para-hydroxylation sites is 2. The SMILES string of the molecule is COc1ccccc1NC(C)C(=O)Nc1ccc(F)cc1. The molecule has 2 aromatic rings. The first-order valence-corrected chi connectivity index (χ1v) is 6.56. The Balaban J connectivity index is 2.01. The van der Waals surface area contributed by atoms with Crippen LogP contribution in [0.2, 0.25) is 0 Å². The van der Waals surface area contributed by atoms with Gasteiger partial charge in [-0.05, 0) is 43.3 Å². The number of anilines is 2. The van der Waals surface area contributed by atoms with E-state index in [1.165, 1.54) is 24.3 Å². The van der Waals surface area contributed by atoms with E-state index >= 15 is 0 Å². The molecule has 0 saturated carbocycles. The smallest absolute Gasteiger partial charge is 0.246 e. The van der Waals surface area contributed by atoms with Gasteiger partial charge in [0.15, 0.2) is 0 Å². The van der Waals surface area contributed by atoms with Crippen molar-refractivity contribution in [3.05, 3.63) is 54.3 Å². The van der Waals surface area contributed by atoms with E-state index in [1.54, 1.807) is 14.0 Å². The molecule has 1 amide bonds. The number of methoxy groups -OCH3 is 1. The summed E-state index contributed by atoms with van der Waals surface area (Å²) >= 11 is 0. The van der Waals surface area contributed by atoms with E-state index < -0.39 is 6.04 Å². The number of rotatable bonds is 5. The second-order valence-electron chi connectivity index (χ2n) is 4.56. The fraction of sp³-hybridized carbons (Fsp3) is 0.188. The zero-order chi connectivity index (χ0) is 15.2. The molecule has 0 bridgehead atoms. The van der Waals surface area contributed by atoms with Crippen molar-refractivity contribution in [1.82, 2.24) is 0 Å². The maximum absolute atomic E-state index is 12.8. The van der Waals surface area contributed by atoms with Gasteiger partial charge in [0, 0.05) is 5.69 Å². The predicted molar refractivity (Wildman–Crippen MR) is 81.1 cm³/mol. The second kappa shape index (κ2) is 6.74. The largest absolute Gasteiger partial charge is 0.495 e. The van der Waals surface area contributed by atoms with Crippen LogP contribution < -0.4 is 15.4 Å². The van der Waals surface area contributed by atoms with Crippen molar-refractivity contribution in [2.45, 2.75) is 13.0 Å². The molecule has 0 aliphatic rings. The molecular weight excluding hydrogens is 271 g/mol. The predicted octanol–water partition coefficient (Wildman–Crippen LogP) is 3.27. The van der Waals surface area contributed by atoms with Gasteiger partial charge in [-0.1, -0.05) is 12.1 Å². The van der Waals surface area contributed by atoms with Crippen LogP contribution in [0, 0.1) is 5.82 Å². The Morgan fingerprint density at radius 1 is 1.14 bits per heavy atom. The monoisotopic (exact) mass is 288 g/mol. The third-order valence-electron chi connectivity index (χ3n) is 2.98. The summed E-state index contributed by atoms with van der Waals surface area (Å²) in [5.74, 6) is 0.111. The first-order valence-electron chi connectivity index (χ1n) is 6.56. The second-order valence-corrected chi connectivity index (χ2v) is 4.56. The molecule has 1 atom stereocenters. The fourth-order valence-corrected chi connectivity index (χ4v) is 1.85. The van der Waals surface area contributed by atoms with Gasteiger partial charge in [0.05, 0.1) is 12.8 Å². The van der Waals surface area contributed by atoms with Crippen molar-refractivity contribution in [2.24, 2.45) is 0 Å². The minimum Gasteiger partial charge on any atom is -0.495 e. The van der Waals surface area contributed by atoms with Crippen LogP contribution >= 0.6 is 0 Å². The summed E-state index contributed by atoms with van der Waals surface area (Å²) in [6.07, 6.45) is 0. The van der Waals surface area contributed by atoms with Gasteiger partial charge in [-0.3, -0.25) is 4.79 Å². The molecule has 0 radical (unpaired) electrons. The van der Waals surface area contributed by atoms with E-state index in [2.05, 4.69) is 10.6 Å². The molecule has 1 unspecified atom stereocenters. The van der Waals surface area contributed by atoms with Gasteiger partial charge in [-0.25, -0.2) is 4.39 Å². The lowest BCUT2D eigenvalue weighted by atomic mass is 10.2. The van der Waals surface area contributed by atoms with Crippen LogP contribution in [0.1, 0.15) is 6.92 Å². The van der Waals surface area contributed by atoms with Gasteiger partial charge in [0.2, 0.25) is 5.91 Å². The summed E-state index contributed by atoms with van der Waals surface area (Å²) in [6.45, 7) is 1.74. The van der Waals surface area contributed by atoms with E-state index in [0.29, 0.717) is 11.4 Å². The number of benzene rings is 2. The Bertz CT molecular complexity index is 614. The van der Waals surface area contributed by atoms with Crippen molar-refractivity contribution >= 4 is 17.3 Å². The van der Waals surface area contributed by atoms with E-state index in [4.69, 9.17) is 4.74 Å². The summed E-state index contributed by atoms with van der Waals surface area (Å²) in [7, 11) is 1.57. The lowest BCUT2D eigenvalue weighted by Crippen LogP contribution is -2.32. The van der Waals surface area contributed by atoms with Crippen molar-refractivity contribution in [3.8, 4) is 5.75 Å². The maximum atomic E-state index is 12.8. The molecule has 2 rings (SSSR count).